The lowest BCUT2D eigenvalue weighted by Crippen LogP contribution is -2.33. The van der Waals surface area contributed by atoms with Gasteiger partial charge < -0.3 is 4.90 Å². The molecular weight excluding hydrogens is 302 g/mol. The molecule has 0 spiro atoms. The second kappa shape index (κ2) is 6.20. The Morgan fingerprint density at radius 3 is 2.25 bits per heavy atom. The molecule has 1 aliphatic rings. The second-order valence-electron chi connectivity index (χ2n) is 5.69. The van der Waals surface area contributed by atoms with Gasteiger partial charge in [0.05, 0.1) is 0 Å². The summed E-state index contributed by atoms with van der Waals surface area (Å²) in [5, 5.41) is 4.91. The third-order valence-corrected chi connectivity index (χ3v) is 4.22. The Balaban J connectivity index is 1.86. The molecule has 0 bridgehead atoms. The number of anilines is 1. The maximum atomic E-state index is 12.0. The minimum absolute atomic E-state index is 0.169. The van der Waals surface area contributed by atoms with Crippen molar-refractivity contribution in [3.05, 3.63) is 66.4 Å². The van der Waals surface area contributed by atoms with Crippen LogP contribution in [0.2, 0.25) is 0 Å². The van der Waals surface area contributed by atoms with Gasteiger partial charge in [0, 0.05) is 38.4 Å². The number of likely N-dealkylation sites (N-methyl/N-ethyl adjacent to an activating group) is 2. The van der Waals surface area contributed by atoms with Crippen LogP contribution < -0.4 is 4.90 Å². The summed E-state index contributed by atoms with van der Waals surface area (Å²) in [4.78, 5) is 26.0. The molecular formula is C19H19N3O2. The fourth-order valence-corrected chi connectivity index (χ4v) is 2.72. The maximum absolute atomic E-state index is 12.0. The highest BCUT2D eigenvalue weighted by atomic mass is 16.2. The number of amides is 2. The Hall–Kier alpha value is -3.08. The first-order valence-corrected chi connectivity index (χ1v) is 7.66. The highest BCUT2D eigenvalue weighted by Crippen LogP contribution is 2.26. The fraction of sp³-hybridized carbons (Fsp3) is 0.158. The van der Waals surface area contributed by atoms with Crippen LogP contribution in [0.3, 0.4) is 0 Å². The van der Waals surface area contributed by atoms with Gasteiger partial charge in [-0.25, -0.2) is 0 Å². The molecule has 5 heteroatoms. The van der Waals surface area contributed by atoms with Crippen molar-refractivity contribution in [1.82, 2.24) is 10.0 Å². The number of carbonyl (C=O) groups excluding carboxylic acids is 2. The molecule has 2 amide bonds. The SMILES string of the molecule is CN(/C=C/C=C1C(=O)N(C)N(C)C1=O)c1cccc2ccccc12. The van der Waals surface area contributed by atoms with E-state index in [2.05, 4.69) is 18.2 Å². The third kappa shape index (κ3) is 2.65. The Labute approximate surface area is 141 Å². The average Bonchev–Trinajstić information content (AvgIpc) is 2.78. The van der Waals surface area contributed by atoms with E-state index in [4.69, 9.17) is 0 Å². The molecule has 0 aromatic heterocycles. The number of nitrogens with zero attached hydrogens (tertiary/aromatic N) is 3. The minimum Gasteiger partial charge on any atom is -0.351 e. The van der Waals surface area contributed by atoms with Crippen LogP contribution in [-0.2, 0) is 9.59 Å². The van der Waals surface area contributed by atoms with Crippen molar-refractivity contribution < 1.29 is 9.59 Å². The maximum Gasteiger partial charge on any atom is 0.277 e. The largest absolute Gasteiger partial charge is 0.351 e. The predicted molar refractivity (Wildman–Crippen MR) is 95.1 cm³/mol. The van der Waals surface area contributed by atoms with E-state index in [1.807, 2.05) is 42.4 Å². The van der Waals surface area contributed by atoms with Crippen LogP contribution in [0.4, 0.5) is 5.69 Å². The molecule has 24 heavy (non-hydrogen) atoms. The topological polar surface area (TPSA) is 43.9 Å². The van der Waals surface area contributed by atoms with Crippen LogP contribution >= 0.6 is 0 Å². The quantitative estimate of drug-likeness (QED) is 0.645. The van der Waals surface area contributed by atoms with Crippen molar-refractivity contribution in [2.24, 2.45) is 0 Å². The molecule has 2 aromatic carbocycles. The summed E-state index contributed by atoms with van der Waals surface area (Å²) in [5.74, 6) is -0.583. The molecule has 3 rings (SSSR count). The van der Waals surface area contributed by atoms with Gasteiger partial charge in [-0.2, -0.15) is 0 Å². The van der Waals surface area contributed by atoms with E-state index >= 15 is 0 Å². The first-order chi connectivity index (χ1) is 11.5. The highest BCUT2D eigenvalue weighted by molar-refractivity contribution is 6.22. The van der Waals surface area contributed by atoms with Crippen LogP contribution in [0.15, 0.2) is 66.4 Å². The Bertz CT molecular complexity index is 843. The molecule has 1 aliphatic heterocycles. The first-order valence-electron chi connectivity index (χ1n) is 7.66. The van der Waals surface area contributed by atoms with Crippen molar-refractivity contribution in [1.29, 1.82) is 0 Å². The number of carbonyl (C=O) groups is 2. The molecule has 1 fully saturated rings. The minimum atomic E-state index is -0.292. The van der Waals surface area contributed by atoms with Crippen molar-refractivity contribution in [3.63, 3.8) is 0 Å². The predicted octanol–water partition coefficient (Wildman–Crippen LogP) is 2.56. The fourth-order valence-electron chi connectivity index (χ4n) is 2.72. The lowest BCUT2D eigenvalue weighted by Gasteiger charge is -2.16. The van der Waals surface area contributed by atoms with Gasteiger partial charge in [-0.05, 0) is 23.6 Å². The number of hydrogen-bond acceptors (Lipinski definition) is 3. The van der Waals surface area contributed by atoms with Crippen molar-refractivity contribution >= 4 is 28.3 Å². The Morgan fingerprint density at radius 1 is 0.917 bits per heavy atom. The summed E-state index contributed by atoms with van der Waals surface area (Å²) in [6, 6.07) is 14.3. The number of fused-ring (bicyclic) bond motifs is 1. The summed E-state index contributed by atoms with van der Waals surface area (Å²) in [6.45, 7) is 0. The first kappa shape index (κ1) is 15.8. The van der Waals surface area contributed by atoms with Crippen molar-refractivity contribution in [2.45, 2.75) is 0 Å². The standard InChI is InChI=1S/C19H19N3O2/c1-20(17-12-6-9-14-8-4-5-10-15(14)17)13-7-11-16-18(23)21(2)22(3)19(16)24/h4-13H,1-3H3/b13-7+. The molecule has 0 radical (unpaired) electrons. The van der Waals surface area contributed by atoms with Gasteiger partial charge in [0.2, 0.25) is 0 Å². The van der Waals surface area contributed by atoms with E-state index in [0.717, 1.165) is 16.5 Å². The molecule has 1 heterocycles. The van der Waals surface area contributed by atoms with Crippen molar-refractivity contribution in [3.8, 4) is 0 Å². The van der Waals surface area contributed by atoms with Gasteiger partial charge in [-0.1, -0.05) is 36.4 Å². The zero-order valence-corrected chi connectivity index (χ0v) is 13.9. The normalized spacial score (nSPS) is 15.0. The van der Waals surface area contributed by atoms with Gasteiger partial charge in [-0.15, -0.1) is 0 Å². The van der Waals surface area contributed by atoms with Crippen LogP contribution in [0.25, 0.3) is 10.8 Å². The van der Waals surface area contributed by atoms with E-state index in [-0.39, 0.29) is 17.4 Å². The average molecular weight is 321 g/mol. The van der Waals surface area contributed by atoms with Crippen LogP contribution in [0.1, 0.15) is 0 Å². The highest BCUT2D eigenvalue weighted by Gasteiger charge is 2.35. The van der Waals surface area contributed by atoms with E-state index in [0.29, 0.717) is 0 Å². The van der Waals surface area contributed by atoms with E-state index in [1.165, 1.54) is 10.0 Å². The molecule has 0 atom stereocenters. The van der Waals surface area contributed by atoms with Gasteiger partial charge in [-0.3, -0.25) is 19.6 Å². The van der Waals surface area contributed by atoms with Gasteiger partial charge in [0.1, 0.15) is 5.57 Å². The zero-order valence-electron chi connectivity index (χ0n) is 13.9. The summed E-state index contributed by atoms with van der Waals surface area (Å²) in [7, 11) is 5.09. The number of hydrazine groups is 1. The number of benzene rings is 2. The van der Waals surface area contributed by atoms with Crippen LogP contribution in [0.5, 0.6) is 0 Å². The van der Waals surface area contributed by atoms with Gasteiger partial charge >= 0.3 is 0 Å². The summed E-state index contributed by atoms with van der Waals surface area (Å²) in [5.41, 5.74) is 1.23. The molecule has 0 saturated carbocycles. The van der Waals surface area contributed by atoms with E-state index < -0.39 is 0 Å². The third-order valence-electron chi connectivity index (χ3n) is 4.22. The van der Waals surface area contributed by atoms with Crippen LogP contribution in [0, 0.1) is 0 Å². The molecule has 2 aromatic rings. The molecule has 5 nitrogen and oxygen atoms in total. The lowest BCUT2D eigenvalue weighted by atomic mass is 10.1. The number of allylic oxidation sites excluding steroid dienone is 2. The Kier molecular flexibility index (Phi) is 4.08. The lowest BCUT2D eigenvalue weighted by molar-refractivity contribution is -0.141. The summed E-state index contributed by atoms with van der Waals surface area (Å²) in [6.07, 6.45) is 5.12. The zero-order chi connectivity index (χ0) is 17.3. The number of rotatable bonds is 3. The molecule has 0 N–H and O–H groups in total. The Morgan fingerprint density at radius 2 is 1.54 bits per heavy atom. The monoisotopic (exact) mass is 321 g/mol. The summed E-state index contributed by atoms with van der Waals surface area (Å²) < 4.78 is 0. The summed E-state index contributed by atoms with van der Waals surface area (Å²) >= 11 is 0. The van der Waals surface area contributed by atoms with Gasteiger partial charge in [0.25, 0.3) is 11.8 Å². The molecule has 0 aliphatic carbocycles. The van der Waals surface area contributed by atoms with E-state index in [1.54, 1.807) is 26.2 Å². The van der Waals surface area contributed by atoms with Crippen LogP contribution in [-0.4, -0.2) is 43.0 Å². The second-order valence-corrected chi connectivity index (χ2v) is 5.69. The molecule has 1 saturated heterocycles. The van der Waals surface area contributed by atoms with Gasteiger partial charge in [0.15, 0.2) is 0 Å². The van der Waals surface area contributed by atoms with E-state index in [9.17, 15) is 9.59 Å². The smallest absolute Gasteiger partial charge is 0.277 e. The number of hydrogen-bond donors (Lipinski definition) is 0. The molecule has 0 unspecified atom stereocenters. The molecule has 122 valence electrons. The van der Waals surface area contributed by atoms with Crippen molar-refractivity contribution in [2.75, 3.05) is 26.0 Å².